The Morgan fingerprint density at radius 1 is 1.05 bits per heavy atom. The van der Waals surface area contributed by atoms with Crippen LogP contribution in [0.2, 0.25) is 5.02 Å². The lowest BCUT2D eigenvalue weighted by Gasteiger charge is -2.17. The number of halogens is 1. The van der Waals surface area contributed by atoms with Crippen LogP contribution in [0.25, 0.3) is 0 Å². The molecule has 0 spiro atoms. The fourth-order valence-corrected chi connectivity index (χ4v) is 3.41. The van der Waals surface area contributed by atoms with Gasteiger partial charge < -0.3 is 5.11 Å². The second-order valence-corrected chi connectivity index (χ2v) is 6.31. The van der Waals surface area contributed by atoms with E-state index in [-0.39, 0.29) is 23.2 Å². The van der Waals surface area contributed by atoms with E-state index in [0.717, 1.165) is 5.56 Å². The van der Waals surface area contributed by atoms with Gasteiger partial charge in [-0.05, 0) is 11.6 Å². The highest BCUT2D eigenvalue weighted by atomic mass is 35.5. The number of thioether (sulfide) groups is 1. The van der Waals surface area contributed by atoms with Gasteiger partial charge in [-0.2, -0.15) is 0 Å². The summed E-state index contributed by atoms with van der Waals surface area (Å²) in [6.45, 7) is 0. The highest BCUT2D eigenvalue weighted by Crippen LogP contribution is 2.37. The molecule has 0 aliphatic rings. The van der Waals surface area contributed by atoms with Crippen LogP contribution in [0.15, 0.2) is 54.6 Å². The third-order valence-corrected chi connectivity index (χ3v) is 4.71. The van der Waals surface area contributed by atoms with Gasteiger partial charge in [0.05, 0.1) is 5.75 Å². The van der Waals surface area contributed by atoms with E-state index >= 15 is 0 Å². The molecular formula is C17H15ClO3S. The molecule has 0 heterocycles. The van der Waals surface area contributed by atoms with Crippen molar-refractivity contribution < 1.29 is 14.7 Å². The minimum atomic E-state index is -0.908. The maximum atomic E-state index is 12.4. The number of ketones is 1. The average Bonchev–Trinajstić information content (AvgIpc) is 2.52. The first-order valence-corrected chi connectivity index (χ1v) is 8.16. The molecular weight excluding hydrogens is 320 g/mol. The topological polar surface area (TPSA) is 54.4 Å². The number of carboxylic acid groups (broad SMARTS) is 1. The summed E-state index contributed by atoms with van der Waals surface area (Å²) in [7, 11) is 0. The Morgan fingerprint density at radius 3 is 2.32 bits per heavy atom. The molecule has 0 saturated carbocycles. The van der Waals surface area contributed by atoms with Gasteiger partial charge in [0.1, 0.15) is 0 Å². The molecule has 2 aromatic carbocycles. The predicted octanol–water partition coefficient (Wildman–Crippen LogP) is 4.47. The molecule has 0 aliphatic heterocycles. The van der Waals surface area contributed by atoms with E-state index in [9.17, 15) is 9.59 Å². The zero-order valence-corrected chi connectivity index (χ0v) is 13.3. The molecule has 0 saturated heterocycles. The fourth-order valence-electron chi connectivity index (χ4n) is 2.08. The van der Waals surface area contributed by atoms with Crippen LogP contribution < -0.4 is 0 Å². The molecule has 0 bridgehead atoms. The Hall–Kier alpha value is -1.78. The van der Waals surface area contributed by atoms with Gasteiger partial charge in [0.15, 0.2) is 5.78 Å². The monoisotopic (exact) mass is 334 g/mol. The van der Waals surface area contributed by atoms with Gasteiger partial charge in [0, 0.05) is 22.3 Å². The number of rotatable bonds is 7. The molecule has 1 N–H and O–H groups in total. The van der Waals surface area contributed by atoms with E-state index in [1.54, 1.807) is 18.2 Å². The van der Waals surface area contributed by atoms with Gasteiger partial charge in [0.2, 0.25) is 0 Å². The number of hydrogen-bond acceptors (Lipinski definition) is 3. The van der Waals surface area contributed by atoms with Crippen LogP contribution in [0, 0.1) is 0 Å². The summed E-state index contributed by atoms with van der Waals surface area (Å²) in [6, 6.07) is 16.2. The third-order valence-electron chi connectivity index (χ3n) is 3.13. The fraction of sp³-hybridized carbons (Fsp3) is 0.176. The molecule has 2 aromatic rings. The number of carbonyl (C=O) groups excluding carboxylic acids is 1. The Balaban J connectivity index is 2.19. The number of benzene rings is 2. The molecule has 114 valence electrons. The minimum absolute atomic E-state index is 0.0246. The maximum absolute atomic E-state index is 12.4. The smallest absolute Gasteiger partial charge is 0.313 e. The van der Waals surface area contributed by atoms with Crippen molar-refractivity contribution in [3.05, 3.63) is 70.7 Å². The standard InChI is InChI=1S/C17H15ClO3S/c18-14-9-5-4-8-13(14)16(22-11-17(20)21)10-15(19)12-6-2-1-3-7-12/h1-9,16H,10-11H2,(H,20,21)/t16-/m0/s1. The zero-order valence-electron chi connectivity index (χ0n) is 11.7. The molecule has 2 rings (SSSR count). The van der Waals surface area contributed by atoms with Crippen molar-refractivity contribution in [3.8, 4) is 0 Å². The maximum Gasteiger partial charge on any atom is 0.313 e. The van der Waals surface area contributed by atoms with Crippen molar-refractivity contribution in [2.45, 2.75) is 11.7 Å². The molecule has 22 heavy (non-hydrogen) atoms. The number of hydrogen-bond donors (Lipinski definition) is 1. The van der Waals surface area contributed by atoms with Crippen LogP contribution in [0.1, 0.15) is 27.6 Å². The van der Waals surface area contributed by atoms with E-state index in [2.05, 4.69) is 0 Å². The van der Waals surface area contributed by atoms with Gasteiger partial charge >= 0.3 is 5.97 Å². The number of carboxylic acids is 1. The number of Topliss-reactive ketones (excluding diaryl/α,β-unsaturated/α-hetero) is 1. The van der Waals surface area contributed by atoms with E-state index in [1.165, 1.54) is 11.8 Å². The molecule has 0 amide bonds. The molecule has 0 radical (unpaired) electrons. The Labute approximate surface area is 138 Å². The normalized spacial score (nSPS) is 11.9. The van der Waals surface area contributed by atoms with E-state index < -0.39 is 5.97 Å². The summed E-state index contributed by atoms with van der Waals surface area (Å²) in [5.41, 5.74) is 1.41. The SMILES string of the molecule is O=C(O)CS[C@@H](CC(=O)c1ccccc1)c1ccccc1Cl. The Bertz CT molecular complexity index is 658. The summed E-state index contributed by atoms with van der Waals surface area (Å²) in [4.78, 5) is 23.2. The lowest BCUT2D eigenvalue weighted by molar-refractivity contribution is -0.133. The first-order chi connectivity index (χ1) is 10.6. The molecule has 3 nitrogen and oxygen atoms in total. The van der Waals surface area contributed by atoms with Crippen LogP contribution in [-0.2, 0) is 4.79 Å². The summed E-state index contributed by atoms with van der Waals surface area (Å²) >= 11 is 7.41. The second kappa shape index (κ2) is 8.01. The highest BCUT2D eigenvalue weighted by Gasteiger charge is 2.20. The van der Waals surface area contributed by atoms with Crippen LogP contribution >= 0.6 is 23.4 Å². The van der Waals surface area contributed by atoms with E-state index in [4.69, 9.17) is 16.7 Å². The second-order valence-electron chi connectivity index (χ2n) is 4.71. The average molecular weight is 335 g/mol. The van der Waals surface area contributed by atoms with Gasteiger partial charge in [-0.15, -0.1) is 11.8 Å². The summed E-state index contributed by atoms with van der Waals surface area (Å²) in [5, 5.41) is 9.16. The third kappa shape index (κ3) is 4.61. The highest BCUT2D eigenvalue weighted by molar-refractivity contribution is 8.00. The van der Waals surface area contributed by atoms with Crippen molar-refractivity contribution >= 4 is 35.1 Å². The van der Waals surface area contributed by atoms with Crippen molar-refractivity contribution in [3.63, 3.8) is 0 Å². The van der Waals surface area contributed by atoms with Gasteiger partial charge in [-0.3, -0.25) is 9.59 Å². The summed E-state index contributed by atoms with van der Waals surface area (Å²) < 4.78 is 0. The van der Waals surface area contributed by atoms with Crippen LogP contribution in [0.4, 0.5) is 0 Å². The molecule has 0 unspecified atom stereocenters. The van der Waals surface area contributed by atoms with E-state index in [0.29, 0.717) is 10.6 Å². The molecule has 0 aromatic heterocycles. The quantitative estimate of drug-likeness (QED) is 0.759. The first kappa shape index (κ1) is 16.6. The minimum Gasteiger partial charge on any atom is -0.481 e. The molecule has 0 fully saturated rings. The van der Waals surface area contributed by atoms with Gasteiger partial charge in [-0.1, -0.05) is 60.1 Å². The zero-order chi connectivity index (χ0) is 15.9. The number of aliphatic carboxylic acids is 1. The Kier molecular flexibility index (Phi) is 6.04. The van der Waals surface area contributed by atoms with Crippen molar-refractivity contribution in [1.82, 2.24) is 0 Å². The van der Waals surface area contributed by atoms with Crippen LogP contribution in [0.5, 0.6) is 0 Å². The van der Waals surface area contributed by atoms with E-state index in [1.807, 2.05) is 36.4 Å². The molecule has 1 atom stereocenters. The first-order valence-electron chi connectivity index (χ1n) is 6.74. The van der Waals surface area contributed by atoms with Crippen molar-refractivity contribution in [2.24, 2.45) is 0 Å². The van der Waals surface area contributed by atoms with Gasteiger partial charge in [-0.25, -0.2) is 0 Å². The molecule has 0 aliphatic carbocycles. The van der Waals surface area contributed by atoms with Crippen LogP contribution in [0.3, 0.4) is 0 Å². The predicted molar refractivity (Wildman–Crippen MR) is 89.7 cm³/mol. The largest absolute Gasteiger partial charge is 0.481 e. The van der Waals surface area contributed by atoms with Crippen molar-refractivity contribution in [1.29, 1.82) is 0 Å². The lowest BCUT2D eigenvalue weighted by atomic mass is 10.0. The lowest BCUT2D eigenvalue weighted by Crippen LogP contribution is -2.09. The van der Waals surface area contributed by atoms with Crippen LogP contribution in [-0.4, -0.2) is 22.6 Å². The Morgan fingerprint density at radius 2 is 1.68 bits per heavy atom. The summed E-state index contributed by atoms with van der Waals surface area (Å²) in [6.07, 6.45) is 0.214. The van der Waals surface area contributed by atoms with Gasteiger partial charge in [0.25, 0.3) is 0 Å². The number of carbonyl (C=O) groups is 2. The summed E-state index contributed by atoms with van der Waals surface area (Å²) in [5.74, 6) is -1.00. The molecule has 5 heteroatoms. The van der Waals surface area contributed by atoms with Crippen molar-refractivity contribution in [2.75, 3.05) is 5.75 Å².